The van der Waals surface area contributed by atoms with E-state index in [4.69, 9.17) is 4.74 Å². The summed E-state index contributed by atoms with van der Waals surface area (Å²) in [4.78, 5) is 11.7. The molecule has 1 aliphatic heterocycles. The summed E-state index contributed by atoms with van der Waals surface area (Å²) in [5.41, 5.74) is 1.52. The van der Waals surface area contributed by atoms with Gasteiger partial charge < -0.3 is 4.74 Å². The van der Waals surface area contributed by atoms with Crippen molar-refractivity contribution in [3.8, 4) is 0 Å². The van der Waals surface area contributed by atoms with E-state index in [1.165, 1.54) is 0 Å². The van der Waals surface area contributed by atoms with Crippen LogP contribution >= 0.6 is 0 Å². The zero-order valence-corrected chi connectivity index (χ0v) is 10.4. The third-order valence-corrected chi connectivity index (χ3v) is 4.49. The number of esters is 1. The first-order valence-corrected chi connectivity index (χ1v) is 7.26. The Hall–Kier alpha value is -1.36. The quantitative estimate of drug-likeness (QED) is 0.747. The van der Waals surface area contributed by atoms with Crippen LogP contribution in [-0.4, -0.2) is 32.0 Å². The van der Waals surface area contributed by atoms with Crippen LogP contribution in [-0.2, 0) is 14.6 Å². The second-order valence-corrected chi connectivity index (χ2v) is 6.53. The van der Waals surface area contributed by atoms with E-state index in [1.807, 2.05) is 19.1 Å². The van der Waals surface area contributed by atoms with Crippen LogP contribution in [0.3, 0.4) is 0 Å². The lowest BCUT2D eigenvalue weighted by molar-refractivity contribution is 0.0356. The van der Waals surface area contributed by atoms with Crippen molar-refractivity contribution in [2.45, 2.75) is 19.4 Å². The number of aryl methyl sites for hydroxylation is 1. The molecule has 1 saturated heterocycles. The Morgan fingerprint density at radius 3 is 2.47 bits per heavy atom. The van der Waals surface area contributed by atoms with Crippen LogP contribution in [0.25, 0.3) is 0 Å². The van der Waals surface area contributed by atoms with Gasteiger partial charge in [0, 0.05) is 0 Å². The van der Waals surface area contributed by atoms with Crippen LogP contribution in [0.4, 0.5) is 0 Å². The number of carbonyl (C=O) groups is 1. The summed E-state index contributed by atoms with van der Waals surface area (Å²) in [6.45, 7) is 1.93. The second-order valence-electron chi connectivity index (χ2n) is 4.30. The fraction of sp³-hybridized carbons (Fsp3) is 0.417. The van der Waals surface area contributed by atoms with Gasteiger partial charge in [0.05, 0.1) is 17.1 Å². The van der Waals surface area contributed by atoms with Gasteiger partial charge in [0.15, 0.2) is 9.84 Å². The molecule has 92 valence electrons. The van der Waals surface area contributed by atoms with Crippen LogP contribution in [0.5, 0.6) is 0 Å². The molecule has 1 fully saturated rings. The number of rotatable bonds is 2. The highest BCUT2D eigenvalue weighted by molar-refractivity contribution is 7.91. The first kappa shape index (κ1) is 12.1. The topological polar surface area (TPSA) is 60.4 Å². The maximum absolute atomic E-state index is 11.7. The molecule has 1 atom stereocenters. The molecular formula is C12H14O4S. The molecule has 2 rings (SSSR count). The monoisotopic (exact) mass is 254 g/mol. The van der Waals surface area contributed by atoms with Crippen molar-refractivity contribution in [3.63, 3.8) is 0 Å². The van der Waals surface area contributed by atoms with Gasteiger partial charge in [-0.3, -0.25) is 0 Å². The molecular weight excluding hydrogens is 240 g/mol. The minimum absolute atomic E-state index is 0.0510. The van der Waals surface area contributed by atoms with Crippen LogP contribution < -0.4 is 0 Å². The van der Waals surface area contributed by atoms with E-state index in [2.05, 4.69) is 0 Å². The third kappa shape index (κ3) is 3.06. The normalized spacial score (nSPS) is 22.3. The Bertz CT molecular complexity index is 516. The number of sulfone groups is 1. The maximum Gasteiger partial charge on any atom is 0.338 e. The number of hydrogen-bond donors (Lipinski definition) is 0. The Kier molecular flexibility index (Phi) is 3.19. The molecule has 1 unspecified atom stereocenters. The van der Waals surface area contributed by atoms with E-state index >= 15 is 0 Å². The van der Waals surface area contributed by atoms with Gasteiger partial charge in [-0.25, -0.2) is 13.2 Å². The minimum atomic E-state index is -3.01. The van der Waals surface area contributed by atoms with Crippen LogP contribution in [0.2, 0.25) is 0 Å². The van der Waals surface area contributed by atoms with E-state index in [9.17, 15) is 13.2 Å². The number of carbonyl (C=O) groups excluding carboxylic acids is 1. The molecule has 1 aromatic carbocycles. The van der Waals surface area contributed by atoms with Gasteiger partial charge in [0.1, 0.15) is 6.10 Å². The van der Waals surface area contributed by atoms with Crippen molar-refractivity contribution in [2.24, 2.45) is 0 Å². The van der Waals surface area contributed by atoms with Gasteiger partial charge in [-0.1, -0.05) is 17.7 Å². The third-order valence-electron chi connectivity index (χ3n) is 2.75. The van der Waals surface area contributed by atoms with Crippen molar-refractivity contribution in [3.05, 3.63) is 35.4 Å². The molecule has 1 aliphatic rings. The Balaban J connectivity index is 2.01. The highest BCUT2D eigenvalue weighted by Gasteiger charge is 2.30. The van der Waals surface area contributed by atoms with Crippen LogP contribution in [0, 0.1) is 6.92 Å². The maximum atomic E-state index is 11.7. The van der Waals surface area contributed by atoms with Crippen molar-refractivity contribution in [1.29, 1.82) is 0 Å². The lowest BCUT2D eigenvalue weighted by Gasteiger charge is -2.10. The van der Waals surface area contributed by atoms with E-state index in [1.54, 1.807) is 12.1 Å². The molecule has 0 aromatic heterocycles. The van der Waals surface area contributed by atoms with Crippen molar-refractivity contribution < 1.29 is 17.9 Å². The van der Waals surface area contributed by atoms with Gasteiger partial charge >= 0.3 is 5.97 Å². The predicted octanol–water partition coefficient (Wildman–Crippen LogP) is 1.34. The van der Waals surface area contributed by atoms with E-state index in [0.29, 0.717) is 12.0 Å². The van der Waals surface area contributed by atoms with Crippen molar-refractivity contribution in [2.75, 3.05) is 11.5 Å². The molecule has 1 heterocycles. The zero-order valence-electron chi connectivity index (χ0n) is 9.55. The number of benzene rings is 1. The van der Waals surface area contributed by atoms with Crippen molar-refractivity contribution in [1.82, 2.24) is 0 Å². The van der Waals surface area contributed by atoms with Gasteiger partial charge in [-0.05, 0) is 25.5 Å². The standard InChI is InChI=1S/C12H14O4S/c1-9-2-4-10(5-3-9)12(13)16-11-6-7-17(14,15)8-11/h2-5,11H,6-8H2,1H3. The SMILES string of the molecule is Cc1ccc(C(=O)OC2CCS(=O)(=O)C2)cc1. The van der Waals surface area contributed by atoms with Gasteiger partial charge in [-0.2, -0.15) is 0 Å². The first-order chi connectivity index (χ1) is 7.96. The average Bonchev–Trinajstić information content (AvgIpc) is 2.59. The van der Waals surface area contributed by atoms with Crippen molar-refractivity contribution >= 4 is 15.8 Å². The van der Waals surface area contributed by atoms with Crippen LogP contribution in [0.15, 0.2) is 24.3 Å². The Labute approximate surface area is 101 Å². The molecule has 0 saturated carbocycles. The molecule has 4 nitrogen and oxygen atoms in total. The lowest BCUT2D eigenvalue weighted by atomic mass is 10.1. The summed E-state index contributed by atoms with van der Waals surface area (Å²) in [6, 6.07) is 7.01. The van der Waals surface area contributed by atoms with E-state index in [0.717, 1.165) is 5.56 Å². The lowest BCUT2D eigenvalue weighted by Crippen LogP contribution is -2.19. The highest BCUT2D eigenvalue weighted by atomic mass is 32.2. The summed E-state index contributed by atoms with van der Waals surface area (Å²) in [5.74, 6) is -0.393. The summed E-state index contributed by atoms with van der Waals surface area (Å²) >= 11 is 0. The average molecular weight is 254 g/mol. The summed E-state index contributed by atoms with van der Waals surface area (Å²) in [5, 5.41) is 0. The van der Waals surface area contributed by atoms with Gasteiger partial charge in [0.25, 0.3) is 0 Å². The molecule has 17 heavy (non-hydrogen) atoms. The predicted molar refractivity (Wildman–Crippen MR) is 63.7 cm³/mol. The Morgan fingerprint density at radius 2 is 1.94 bits per heavy atom. The summed E-state index contributed by atoms with van der Waals surface area (Å²) in [7, 11) is -3.01. The smallest absolute Gasteiger partial charge is 0.338 e. The molecule has 0 bridgehead atoms. The molecule has 0 aliphatic carbocycles. The Morgan fingerprint density at radius 1 is 1.29 bits per heavy atom. The largest absolute Gasteiger partial charge is 0.458 e. The number of hydrogen-bond acceptors (Lipinski definition) is 4. The first-order valence-electron chi connectivity index (χ1n) is 5.44. The summed E-state index contributed by atoms with van der Waals surface area (Å²) < 4.78 is 27.6. The van der Waals surface area contributed by atoms with Gasteiger partial charge in [-0.15, -0.1) is 0 Å². The second kappa shape index (κ2) is 4.49. The minimum Gasteiger partial charge on any atom is -0.458 e. The molecule has 0 amide bonds. The molecule has 0 spiro atoms. The molecule has 5 heteroatoms. The highest BCUT2D eigenvalue weighted by Crippen LogP contribution is 2.16. The molecule has 0 N–H and O–H groups in total. The summed E-state index contributed by atoms with van der Waals surface area (Å²) in [6.07, 6.45) is -0.0891. The molecule has 0 radical (unpaired) electrons. The molecule has 1 aromatic rings. The fourth-order valence-corrected chi connectivity index (χ4v) is 3.35. The van der Waals surface area contributed by atoms with Crippen LogP contribution in [0.1, 0.15) is 22.3 Å². The number of ether oxygens (including phenoxy) is 1. The van der Waals surface area contributed by atoms with E-state index < -0.39 is 21.9 Å². The zero-order chi connectivity index (χ0) is 12.5. The van der Waals surface area contributed by atoms with E-state index in [-0.39, 0.29) is 11.5 Å². The van der Waals surface area contributed by atoms with Gasteiger partial charge in [0.2, 0.25) is 0 Å². The fourth-order valence-electron chi connectivity index (χ4n) is 1.76.